The number of hydrogen-bond acceptors (Lipinski definition) is 4. The Morgan fingerprint density at radius 2 is 1.71 bits per heavy atom. The number of anilines is 2. The van der Waals surface area contributed by atoms with Crippen LogP contribution in [0.4, 0.5) is 24.8 Å². The number of nitrogens with one attached hydrogen (secondary N) is 1. The van der Waals surface area contributed by atoms with E-state index in [9.17, 15) is 13.2 Å². The minimum absolute atomic E-state index is 0.0118. The van der Waals surface area contributed by atoms with E-state index in [1.807, 2.05) is 24.3 Å². The molecule has 0 radical (unpaired) electrons. The van der Waals surface area contributed by atoms with Crippen LogP contribution in [0, 0.1) is 0 Å². The van der Waals surface area contributed by atoms with Gasteiger partial charge in [0.2, 0.25) is 5.82 Å². The number of fused-ring (bicyclic) bond motifs is 1. The predicted molar refractivity (Wildman–Crippen MR) is 72.7 cm³/mol. The van der Waals surface area contributed by atoms with Gasteiger partial charge in [0.25, 0.3) is 0 Å². The SMILES string of the molecule is Nc1cc(NC2Cc3ccccc3C2)nc(C(F)(F)F)n1. The van der Waals surface area contributed by atoms with Crippen LogP contribution in [0.15, 0.2) is 30.3 Å². The van der Waals surface area contributed by atoms with Crippen molar-refractivity contribution in [2.24, 2.45) is 0 Å². The van der Waals surface area contributed by atoms with Gasteiger partial charge < -0.3 is 11.1 Å². The van der Waals surface area contributed by atoms with Crippen molar-refractivity contribution in [3.63, 3.8) is 0 Å². The predicted octanol–water partition coefficient (Wildman–Crippen LogP) is 2.66. The van der Waals surface area contributed by atoms with Crippen LogP contribution in [0.5, 0.6) is 0 Å². The summed E-state index contributed by atoms with van der Waals surface area (Å²) in [7, 11) is 0. The van der Waals surface area contributed by atoms with E-state index >= 15 is 0 Å². The van der Waals surface area contributed by atoms with Gasteiger partial charge in [0.05, 0.1) is 0 Å². The lowest BCUT2D eigenvalue weighted by atomic mass is 10.1. The number of benzene rings is 1. The summed E-state index contributed by atoms with van der Waals surface area (Å²) in [5.41, 5.74) is 7.83. The molecular formula is C14H13F3N4. The highest BCUT2D eigenvalue weighted by atomic mass is 19.4. The van der Waals surface area contributed by atoms with Gasteiger partial charge in [-0.05, 0) is 24.0 Å². The Balaban J connectivity index is 1.79. The average molecular weight is 294 g/mol. The molecule has 4 nitrogen and oxygen atoms in total. The molecule has 3 N–H and O–H groups in total. The van der Waals surface area contributed by atoms with E-state index in [-0.39, 0.29) is 17.7 Å². The van der Waals surface area contributed by atoms with Crippen LogP contribution in [-0.4, -0.2) is 16.0 Å². The van der Waals surface area contributed by atoms with Crippen LogP contribution < -0.4 is 11.1 Å². The molecule has 1 aliphatic carbocycles. The van der Waals surface area contributed by atoms with E-state index in [0.29, 0.717) is 0 Å². The fourth-order valence-electron chi connectivity index (χ4n) is 2.54. The molecule has 3 rings (SSSR count). The highest BCUT2D eigenvalue weighted by molar-refractivity contribution is 5.47. The molecule has 1 aromatic heterocycles. The molecule has 0 atom stereocenters. The van der Waals surface area contributed by atoms with Crippen molar-refractivity contribution in [2.45, 2.75) is 25.1 Å². The number of nitrogens with two attached hydrogens (primary N) is 1. The number of hydrogen-bond donors (Lipinski definition) is 2. The Kier molecular flexibility index (Phi) is 3.19. The summed E-state index contributed by atoms with van der Waals surface area (Å²) in [4.78, 5) is 6.72. The lowest BCUT2D eigenvalue weighted by molar-refractivity contribution is -0.144. The molecule has 0 amide bonds. The molecule has 0 saturated carbocycles. The topological polar surface area (TPSA) is 63.8 Å². The molecule has 2 aromatic rings. The third-order valence-corrected chi connectivity index (χ3v) is 3.40. The van der Waals surface area contributed by atoms with Crippen LogP contribution >= 0.6 is 0 Å². The first-order valence-corrected chi connectivity index (χ1v) is 6.47. The number of rotatable bonds is 2. The summed E-state index contributed by atoms with van der Waals surface area (Å²) in [6.07, 6.45) is -3.10. The fourth-order valence-corrected chi connectivity index (χ4v) is 2.54. The molecule has 1 aromatic carbocycles. The van der Waals surface area contributed by atoms with Gasteiger partial charge in [0.15, 0.2) is 0 Å². The van der Waals surface area contributed by atoms with Gasteiger partial charge in [-0.2, -0.15) is 13.2 Å². The van der Waals surface area contributed by atoms with Crippen molar-refractivity contribution in [1.82, 2.24) is 9.97 Å². The highest BCUT2D eigenvalue weighted by Gasteiger charge is 2.35. The van der Waals surface area contributed by atoms with E-state index in [2.05, 4.69) is 15.3 Å². The van der Waals surface area contributed by atoms with Crippen molar-refractivity contribution in [3.05, 3.63) is 47.3 Å². The molecule has 0 spiro atoms. The Hall–Kier alpha value is -2.31. The second-order valence-corrected chi connectivity index (χ2v) is 5.02. The third-order valence-electron chi connectivity index (χ3n) is 3.40. The van der Waals surface area contributed by atoms with Gasteiger partial charge in [-0.25, -0.2) is 9.97 Å². The van der Waals surface area contributed by atoms with Crippen molar-refractivity contribution < 1.29 is 13.2 Å². The van der Waals surface area contributed by atoms with Gasteiger partial charge >= 0.3 is 6.18 Å². The van der Waals surface area contributed by atoms with Gasteiger partial charge in [-0.1, -0.05) is 24.3 Å². The molecule has 0 unspecified atom stereocenters. The van der Waals surface area contributed by atoms with Crippen LogP contribution in [0.1, 0.15) is 17.0 Å². The lowest BCUT2D eigenvalue weighted by Crippen LogP contribution is -2.22. The van der Waals surface area contributed by atoms with Gasteiger partial charge in [0.1, 0.15) is 11.6 Å². The molecule has 7 heteroatoms. The zero-order chi connectivity index (χ0) is 15.0. The first kappa shape index (κ1) is 13.7. The van der Waals surface area contributed by atoms with Crippen LogP contribution in [0.2, 0.25) is 0 Å². The maximum absolute atomic E-state index is 12.7. The Morgan fingerprint density at radius 1 is 1.10 bits per heavy atom. The van der Waals surface area contributed by atoms with Gasteiger partial charge in [0, 0.05) is 12.1 Å². The monoisotopic (exact) mass is 294 g/mol. The standard InChI is InChI=1S/C14H13F3N4/c15-14(16,17)13-20-11(18)7-12(21-13)19-10-5-8-3-1-2-4-9(8)6-10/h1-4,7,10H,5-6H2,(H3,18,19,20,21). The second-order valence-electron chi connectivity index (χ2n) is 5.02. The quantitative estimate of drug-likeness (QED) is 0.894. The van der Waals surface area contributed by atoms with Crippen molar-refractivity contribution in [3.8, 4) is 0 Å². The van der Waals surface area contributed by atoms with Crippen molar-refractivity contribution in [2.75, 3.05) is 11.1 Å². The minimum atomic E-state index is -4.61. The molecule has 1 heterocycles. The van der Waals surface area contributed by atoms with E-state index in [4.69, 9.17) is 5.73 Å². The summed E-state index contributed by atoms with van der Waals surface area (Å²) in [6, 6.07) is 9.27. The third kappa shape index (κ3) is 2.91. The maximum atomic E-state index is 12.7. The summed E-state index contributed by atoms with van der Waals surface area (Å²) < 4.78 is 38.0. The zero-order valence-corrected chi connectivity index (χ0v) is 11.0. The summed E-state index contributed by atoms with van der Waals surface area (Å²) in [6.45, 7) is 0. The van der Waals surface area contributed by atoms with Gasteiger partial charge in [-0.15, -0.1) is 0 Å². The normalized spacial score (nSPS) is 15.0. The second kappa shape index (κ2) is 4.91. The molecule has 1 aliphatic rings. The molecule has 0 bridgehead atoms. The molecular weight excluding hydrogens is 281 g/mol. The molecule has 110 valence electrons. The Labute approximate surface area is 119 Å². The number of nitrogen functional groups attached to an aromatic ring is 1. The summed E-state index contributed by atoms with van der Waals surface area (Å²) in [5.74, 6) is -1.32. The number of nitrogens with zero attached hydrogens (tertiary/aromatic N) is 2. The number of halogens is 3. The smallest absolute Gasteiger partial charge is 0.384 e. The van der Waals surface area contributed by atoms with E-state index < -0.39 is 12.0 Å². The lowest BCUT2D eigenvalue weighted by Gasteiger charge is -2.14. The maximum Gasteiger partial charge on any atom is 0.451 e. The minimum Gasteiger partial charge on any atom is -0.384 e. The first-order chi connectivity index (χ1) is 9.91. The van der Waals surface area contributed by atoms with Gasteiger partial charge in [-0.3, -0.25) is 0 Å². The molecule has 0 saturated heterocycles. The number of aromatic nitrogens is 2. The van der Waals surface area contributed by atoms with Crippen LogP contribution in [-0.2, 0) is 19.0 Å². The fraction of sp³-hybridized carbons (Fsp3) is 0.286. The zero-order valence-electron chi connectivity index (χ0n) is 11.0. The first-order valence-electron chi connectivity index (χ1n) is 6.47. The van der Waals surface area contributed by atoms with Crippen molar-refractivity contribution >= 4 is 11.6 Å². The van der Waals surface area contributed by atoms with Crippen LogP contribution in [0.3, 0.4) is 0 Å². The van der Waals surface area contributed by atoms with E-state index in [1.54, 1.807) is 0 Å². The number of alkyl halides is 3. The average Bonchev–Trinajstić information content (AvgIpc) is 2.79. The summed E-state index contributed by atoms with van der Waals surface area (Å²) in [5, 5.41) is 3.01. The molecule has 0 fully saturated rings. The van der Waals surface area contributed by atoms with Crippen LogP contribution in [0.25, 0.3) is 0 Å². The van der Waals surface area contributed by atoms with Crippen molar-refractivity contribution in [1.29, 1.82) is 0 Å². The van der Waals surface area contributed by atoms with E-state index in [0.717, 1.165) is 12.8 Å². The summed E-state index contributed by atoms with van der Waals surface area (Å²) >= 11 is 0. The highest BCUT2D eigenvalue weighted by Crippen LogP contribution is 2.29. The molecule has 21 heavy (non-hydrogen) atoms. The Bertz CT molecular complexity index is 645. The Morgan fingerprint density at radius 3 is 2.29 bits per heavy atom. The van der Waals surface area contributed by atoms with E-state index in [1.165, 1.54) is 17.2 Å². The molecule has 0 aliphatic heterocycles. The largest absolute Gasteiger partial charge is 0.451 e.